The van der Waals surface area contributed by atoms with E-state index in [1.807, 2.05) is 17.0 Å². The normalized spacial score (nSPS) is 17.5. The fourth-order valence-corrected chi connectivity index (χ4v) is 3.90. The predicted molar refractivity (Wildman–Crippen MR) is 95.0 cm³/mol. The van der Waals surface area contributed by atoms with Crippen LogP contribution in [-0.2, 0) is 4.79 Å². The van der Waals surface area contributed by atoms with Gasteiger partial charge < -0.3 is 4.90 Å². The van der Waals surface area contributed by atoms with Gasteiger partial charge in [0.2, 0.25) is 5.91 Å². The van der Waals surface area contributed by atoms with E-state index in [1.165, 1.54) is 29.5 Å². The van der Waals surface area contributed by atoms with Crippen molar-refractivity contribution in [1.82, 2.24) is 4.90 Å². The average Bonchev–Trinajstić information content (AvgIpc) is 3.04. The van der Waals surface area contributed by atoms with Crippen LogP contribution in [0.4, 0.5) is 4.39 Å². The van der Waals surface area contributed by atoms with Gasteiger partial charge in [0.05, 0.1) is 11.8 Å². The molecule has 120 valence electrons. The van der Waals surface area contributed by atoms with Crippen LogP contribution in [0.2, 0.25) is 0 Å². The van der Waals surface area contributed by atoms with E-state index in [0.717, 1.165) is 28.8 Å². The van der Waals surface area contributed by atoms with Crippen LogP contribution in [0.3, 0.4) is 0 Å². The second-order valence-corrected chi connectivity index (χ2v) is 7.50. The van der Waals surface area contributed by atoms with Crippen molar-refractivity contribution in [3.63, 3.8) is 0 Å². The van der Waals surface area contributed by atoms with Crippen molar-refractivity contribution in [2.24, 2.45) is 0 Å². The molecule has 5 heteroatoms. The van der Waals surface area contributed by atoms with E-state index in [1.54, 1.807) is 12.1 Å². The molecule has 1 fully saturated rings. The lowest BCUT2D eigenvalue weighted by Gasteiger charge is -2.25. The van der Waals surface area contributed by atoms with Crippen molar-refractivity contribution in [2.75, 3.05) is 12.3 Å². The molecule has 2 aromatic carbocycles. The van der Waals surface area contributed by atoms with Gasteiger partial charge in [-0.15, -0.1) is 11.8 Å². The van der Waals surface area contributed by atoms with Gasteiger partial charge in [-0.05, 0) is 54.8 Å². The summed E-state index contributed by atoms with van der Waals surface area (Å²) in [5.74, 6) is 0.277. The van der Waals surface area contributed by atoms with E-state index < -0.39 is 0 Å². The third-order valence-electron chi connectivity index (χ3n) is 4.00. The summed E-state index contributed by atoms with van der Waals surface area (Å²) in [6.07, 6.45) is 2.04. The molecule has 1 saturated heterocycles. The van der Waals surface area contributed by atoms with E-state index in [0.29, 0.717) is 5.75 Å². The summed E-state index contributed by atoms with van der Waals surface area (Å²) in [4.78, 5) is 15.4. The Kier molecular flexibility index (Phi) is 5.38. The number of benzene rings is 2. The van der Waals surface area contributed by atoms with Gasteiger partial charge in [0.15, 0.2) is 0 Å². The molecule has 0 aliphatic carbocycles. The van der Waals surface area contributed by atoms with Gasteiger partial charge in [0.1, 0.15) is 5.82 Å². The van der Waals surface area contributed by atoms with Crippen LogP contribution in [0.1, 0.15) is 24.4 Å². The zero-order chi connectivity index (χ0) is 16.2. The lowest BCUT2D eigenvalue weighted by Crippen LogP contribution is -2.31. The highest BCUT2D eigenvalue weighted by atomic mass is 79.9. The standard InChI is InChI=1S/C18H17BrFNOS/c19-14-5-3-13(4-6-14)17-2-1-11-21(17)18(22)12-23-16-9-7-15(20)8-10-16/h3-10,17H,1-2,11-12H2. The number of amides is 1. The van der Waals surface area contributed by atoms with Crippen molar-refractivity contribution in [3.05, 3.63) is 64.4 Å². The fourth-order valence-electron chi connectivity index (χ4n) is 2.86. The summed E-state index contributed by atoms with van der Waals surface area (Å²) in [7, 11) is 0. The first-order valence-corrected chi connectivity index (χ1v) is 9.34. The highest BCUT2D eigenvalue weighted by Crippen LogP contribution is 2.33. The van der Waals surface area contributed by atoms with Crippen molar-refractivity contribution < 1.29 is 9.18 Å². The number of carbonyl (C=O) groups is 1. The molecular weight excluding hydrogens is 377 g/mol. The van der Waals surface area contributed by atoms with Gasteiger partial charge >= 0.3 is 0 Å². The molecule has 0 aromatic heterocycles. The van der Waals surface area contributed by atoms with Crippen LogP contribution in [0.5, 0.6) is 0 Å². The minimum Gasteiger partial charge on any atom is -0.335 e. The summed E-state index contributed by atoms with van der Waals surface area (Å²) >= 11 is 4.90. The largest absolute Gasteiger partial charge is 0.335 e. The van der Waals surface area contributed by atoms with Crippen LogP contribution in [0, 0.1) is 5.82 Å². The Hall–Kier alpha value is -1.33. The highest BCUT2D eigenvalue weighted by Gasteiger charge is 2.29. The summed E-state index contributed by atoms with van der Waals surface area (Å²) < 4.78 is 14.0. The summed E-state index contributed by atoms with van der Waals surface area (Å²) in [6.45, 7) is 0.809. The number of thioether (sulfide) groups is 1. The van der Waals surface area contributed by atoms with Gasteiger partial charge in [-0.1, -0.05) is 28.1 Å². The fraction of sp³-hybridized carbons (Fsp3) is 0.278. The quantitative estimate of drug-likeness (QED) is 0.677. The Morgan fingerprint density at radius 1 is 1.17 bits per heavy atom. The first-order valence-electron chi connectivity index (χ1n) is 7.57. The average molecular weight is 394 g/mol. The lowest BCUT2D eigenvalue weighted by atomic mass is 10.0. The van der Waals surface area contributed by atoms with Gasteiger partial charge in [0.25, 0.3) is 0 Å². The molecule has 1 heterocycles. The molecule has 1 amide bonds. The maximum atomic E-state index is 12.9. The first kappa shape index (κ1) is 16.5. The Morgan fingerprint density at radius 3 is 2.57 bits per heavy atom. The molecule has 2 nitrogen and oxygen atoms in total. The first-order chi connectivity index (χ1) is 11.1. The Bertz CT molecular complexity index is 674. The number of nitrogens with zero attached hydrogens (tertiary/aromatic N) is 1. The molecule has 0 bridgehead atoms. The van der Waals surface area contributed by atoms with Crippen LogP contribution in [0.25, 0.3) is 0 Å². The van der Waals surface area contributed by atoms with Crippen LogP contribution in [-0.4, -0.2) is 23.1 Å². The van der Waals surface area contributed by atoms with Crippen molar-refractivity contribution >= 4 is 33.6 Å². The molecule has 2 aromatic rings. The maximum Gasteiger partial charge on any atom is 0.233 e. The second-order valence-electron chi connectivity index (χ2n) is 5.54. The SMILES string of the molecule is O=C(CSc1ccc(F)cc1)N1CCCC1c1ccc(Br)cc1. The second kappa shape index (κ2) is 7.49. The van der Waals surface area contributed by atoms with E-state index >= 15 is 0 Å². The molecule has 0 N–H and O–H groups in total. The van der Waals surface area contributed by atoms with Crippen LogP contribution >= 0.6 is 27.7 Å². The van der Waals surface area contributed by atoms with Gasteiger partial charge in [-0.25, -0.2) is 4.39 Å². The smallest absolute Gasteiger partial charge is 0.233 e. The molecule has 1 unspecified atom stereocenters. The zero-order valence-electron chi connectivity index (χ0n) is 12.5. The third-order valence-corrected chi connectivity index (χ3v) is 5.53. The summed E-state index contributed by atoms with van der Waals surface area (Å²) in [6, 6.07) is 14.6. The molecule has 1 aliphatic rings. The summed E-state index contributed by atoms with van der Waals surface area (Å²) in [5.41, 5.74) is 1.19. The number of likely N-dealkylation sites (tertiary alicyclic amines) is 1. The summed E-state index contributed by atoms with van der Waals surface area (Å²) in [5, 5.41) is 0. The van der Waals surface area contributed by atoms with E-state index in [2.05, 4.69) is 28.1 Å². The third kappa shape index (κ3) is 4.15. The molecule has 0 saturated carbocycles. The number of rotatable bonds is 4. The Labute approximate surface area is 148 Å². The van der Waals surface area contributed by atoms with Gasteiger partial charge in [-0.3, -0.25) is 4.79 Å². The Balaban J connectivity index is 1.63. The van der Waals surface area contributed by atoms with Gasteiger partial charge in [-0.2, -0.15) is 0 Å². The maximum absolute atomic E-state index is 12.9. The van der Waals surface area contributed by atoms with Crippen molar-refractivity contribution in [2.45, 2.75) is 23.8 Å². The Morgan fingerprint density at radius 2 is 1.87 bits per heavy atom. The van der Waals surface area contributed by atoms with Crippen LogP contribution < -0.4 is 0 Å². The molecule has 3 rings (SSSR count). The number of hydrogen-bond acceptors (Lipinski definition) is 2. The molecule has 1 aliphatic heterocycles. The minimum atomic E-state index is -0.254. The number of hydrogen-bond donors (Lipinski definition) is 0. The topological polar surface area (TPSA) is 20.3 Å². The monoisotopic (exact) mass is 393 g/mol. The van der Waals surface area contributed by atoms with E-state index in [-0.39, 0.29) is 17.8 Å². The van der Waals surface area contributed by atoms with E-state index in [9.17, 15) is 9.18 Å². The van der Waals surface area contributed by atoms with Gasteiger partial charge in [0, 0.05) is 15.9 Å². The minimum absolute atomic E-state index is 0.143. The van der Waals surface area contributed by atoms with Crippen molar-refractivity contribution in [1.29, 1.82) is 0 Å². The number of halogens is 2. The number of carbonyl (C=O) groups excluding carboxylic acids is 1. The molecule has 23 heavy (non-hydrogen) atoms. The van der Waals surface area contributed by atoms with Crippen LogP contribution in [0.15, 0.2) is 57.9 Å². The molecule has 1 atom stereocenters. The lowest BCUT2D eigenvalue weighted by molar-refractivity contribution is -0.129. The highest BCUT2D eigenvalue weighted by molar-refractivity contribution is 9.10. The zero-order valence-corrected chi connectivity index (χ0v) is 14.9. The van der Waals surface area contributed by atoms with E-state index in [4.69, 9.17) is 0 Å². The molecule has 0 spiro atoms. The predicted octanol–water partition coefficient (Wildman–Crippen LogP) is 5.04. The molecular formula is C18H17BrFNOS. The van der Waals surface area contributed by atoms with Crippen molar-refractivity contribution in [3.8, 4) is 0 Å². The molecule has 0 radical (unpaired) electrons.